The number of carbonyl (C=O) groups is 1. The lowest BCUT2D eigenvalue weighted by Gasteiger charge is -2.22. The van der Waals surface area contributed by atoms with Gasteiger partial charge in [-0.25, -0.2) is 8.42 Å². The van der Waals surface area contributed by atoms with Crippen LogP contribution in [0.4, 0.5) is 0 Å². The minimum Gasteiger partial charge on any atom is -0.298 e. The molecule has 1 aliphatic heterocycles. The number of aromatic nitrogens is 2. The van der Waals surface area contributed by atoms with E-state index in [1.54, 1.807) is 4.68 Å². The van der Waals surface area contributed by atoms with Crippen molar-refractivity contribution < 1.29 is 13.2 Å². The predicted octanol–water partition coefficient (Wildman–Crippen LogP) is 1.10. The zero-order chi connectivity index (χ0) is 11.8. The Kier molecular flexibility index (Phi) is 3.03. The highest BCUT2D eigenvalue weighted by atomic mass is 35.5. The summed E-state index contributed by atoms with van der Waals surface area (Å²) in [6.07, 6.45) is 3.05. The van der Waals surface area contributed by atoms with Gasteiger partial charge in [0.05, 0.1) is 29.3 Å². The van der Waals surface area contributed by atoms with Crippen molar-refractivity contribution in [2.45, 2.75) is 18.9 Å². The van der Waals surface area contributed by atoms with E-state index in [2.05, 4.69) is 5.10 Å². The van der Waals surface area contributed by atoms with Gasteiger partial charge >= 0.3 is 0 Å². The van der Waals surface area contributed by atoms with Gasteiger partial charge in [0.25, 0.3) is 0 Å². The summed E-state index contributed by atoms with van der Waals surface area (Å²) < 4.78 is 24.1. The van der Waals surface area contributed by atoms with Crippen LogP contribution in [0.2, 0.25) is 5.15 Å². The van der Waals surface area contributed by atoms with Crippen LogP contribution in [0.15, 0.2) is 6.20 Å². The fourth-order valence-corrected chi connectivity index (χ4v) is 3.56. The Balaban J connectivity index is 2.20. The average Bonchev–Trinajstić information content (AvgIpc) is 2.60. The maximum atomic E-state index is 11.3. The normalized spacial score (nSPS) is 20.8. The summed E-state index contributed by atoms with van der Waals surface area (Å²) in [6.45, 7) is 0. The summed E-state index contributed by atoms with van der Waals surface area (Å²) in [5.41, 5.74) is 0.343. The topological polar surface area (TPSA) is 69.0 Å². The van der Waals surface area contributed by atoms with Crippen molar-refractivity contribution in [1.82, 2.24) is 9.78 Å². The summed E-state index contributed by atoms with van der Waals surface area (Å²) in [7, 11) is -2.89. The number of hydrogen-bond acceptors (Lipinski definition) is 4. The highest BCUT2D eigenvalue weighted by Gasteiger charge is 2.26. The Bertz CT molecular complexity index is 495. The molecule has 0 radical (unpaired) electrons. The molecule has 0 saturated carbocycles. The largest absolute Gasteiger partial charge is 0.298 e. The molecule has 1 saturated heterocycles. The van der Waals surface area contributed by atoms with E-state index in [1.165, 1.54) is 6.20 Å². The molecule has 2 heterocycles. The molecule has 16 heavy (non-hydrogen) atoms. The van der Waals surface area contributed by atoms with E-state index in [0.29, 0.717) is 29.8 Å². The number of aldehydes is 1. The Hall–Kier alpha value is -0.880. The molecule has 0 N–H and O–H groups in total. The monoisotopic (exact) mass is 262 g/mol. The minimum absolute atomic E-state index is 0.0234. The van der Waals surface area contributed by atoms with E-state index in [4.69, 9.17) is 11.6 Å². The molecule has 7 heteroatoms. The van der Waals surface area contributed by atoms with Gasteiger partial charge < -0.3 is 0 Å². The molecule has 0 bridgehead atoms. The number of halogens is 1. The van der Waals surface area contributed by atoms with Gasteiger partial charge in [-0.1, -0.05) is 11.6 Å². The summed E-state index contributed by atoms with van der Waals surface area (Å²) in [5.74, 6) is 0.314. The van der Waals surface area contributed by atoms with Crippen molar-refractivity contribution in [2.24, 2.45) is 0 Å². The van der Waals surface area contributed by atoms with Gasteiger partial charge in [-0.15, -0.1) is 0 Å². The first-order chi connectivity index (χ1) is 7.53. The summed E-state index contributed by atoms with van der Waals surface area (Å²) in [6, 6.07) is -0.0234. The lowest BCUT2D eigenvalue weighted by molar-refractivity contribution is 0.112. The molecule has 1 aliphatic rings. The molecule has 1 fully saturated rings. The second-order valence-electron chi connectivity index (χ2n) is 3.84. The van der Waals surface area contributed by atoms with Crippen LogP contribution in [0.25, 0.3) is 0 Å². The molecule has 0 atom stereocenters. The maximum Gasteiger partial charge on any atom is 0.154 e. The predicted molar refractivity (Wildman–Crippen MR) is 59.5 cm³/mol. The van der Waals surface area contributed by atoms with Gasteiger partial charge in [-0.3, -0.25) is 9.48 Å². The van der Waals surface area contributed by atoms with Gasteiger partial charge in [0.15, 0.2) is 6.29 Å². The lowest BCUT2D eigenvalue weighted by atomic mass is 10.2. The third kappa shape index (κ3) is 2.12. The Labute approximate surface area is 98.3 Å². The fraction of sp³-hybridized carbons (Fsp3) is 0.556. The van der Waals surface area contributed by atoms with Crippen molar-refractivity contribution in [3.05, 3.63) is 16.9 Å². The molecule has 1 aromatic heterocycles. The fourth-order valence-electron chi connectivity index (χ4n) is 1.82. The van der Waals surface area contributed by atoms with E-state index >= 15 is 0 Å². The van der Waals surface area contributed by atoms with E-state index in [-0.39, 0.29) is 17.5 Å². The second kappa shape index (κ2) is 4.18. The zero-order valence-corrected chi connectivity index (χ0v) is 10.0. The number of sulfone groups is 1. The number of hydrogen-bond donors (Lipinski definition) is 0. The Morgan fingerprint density at radius 1 is 1.44 bits per heavy atom. The molecule has 0 aliphatic carbocycles. The van der Waals surface area contributed by atoms with Crippen LogP contribution in [-0.2, 0) is 9.84 Å². The molecule has 0 aromatic carbocycles. The summed E-state index contributed by atoms with van der Waals surface area (Å²) in [4.78, 5) is 10.6. The van der Waals surface area contributed by atoms with Crippen molar-refractivity contribution in [2.75, 3.05) is 11.5 Å². The van der Waals surface area contributed by atoms with Crippen LogP contribution in [0.5, 0.6) is 0 Å². The van der Waals surface area contributed by atoms with Crippen LogP contribution in [0.3, 0.4) is 0 Å². The minimum atomic E-state index is -2.89. The lowest BCUT2D eigenvalue weighted by Crippen LogP contribution is -2.26. The number of nitrogens with zero attached hydrogens (tertiary/aromatic N) is 2. The van der Waals surface area contributed by atoms with Crippen molar-refractivity contribution in [3.63, 3.8) is 0 Å². The Morgan fingerprint density at radius 2 is 2.06 bits per heavy atom. The molecular weight excluding hydrogens is 252 g/mol. The summed E-state index contributed by atoms with van der Waals surface area (Å²) in [5, 5.41) is 4.31. The maximum absolute atomic E-state index is 11.3. The standard InChI is InChI=1S/C9H11ClN2O3S/c10-9-7(6-13)5-11-12(9)8-1-3-16(14,15)4-2-8/h5-6,8H,1-4H2. The van der Waals surface area contributed by atoms with E-state index in [1.807, 2.05) is 0 Å². The van der Waals surface area contributed by atoms with Gasteiger partial charge in [0.1, 0.15) is 15.0 Å². The molecule has 0 unspecified atom stereocenters. The van der Waals surface area contributed by atoms with Crippen LogP contribution >= 0.6 is 11.6 Å². The SMILES string of the molecule is O=Cc1cnn(C2CCS(=O)(=O)CC2)c1Cl. The first kappa shape index (κ1) is 11.6. The van der Waals surface area contributed by atoms with E-state index in [0.717, 1.165) is 0 Å². The second-order valence-corrected chi connectivity index (χ2v) is 6.50. The first-order valence-corrected chi connectivity index (χ1v) is 7.12. The van der Waals surface area contributed by atoms with Crippen LogP contribution in [0.1, 0.15) is 29.2 Å². The molecular formula is C9H11ClN2O3S. The van der Waals surface area contributed by atoms with E-state index in [9.17, 15) is 13.2 Å². The smallest absolute Gasteiger partial charge is 0.154 e. The highest BCUT2D eigenvalue weighted by molar-refractivity contribution is 7.91. The van der Waals surface area contributed by atoms with Gasteiger partial charge in [0.2, 0.25) is 0 Å². The van der Waals surface area contributed by atoms with Crippen molar-refractivity contribution in [3.8, 4) is 0 Å². The highest BCUT2D eigenvalue weighted by Crippen LogP contribution is 2.27. The zero-order valence-electron chi connectivity index (χ0n) is 8.47. The first-order valence-electron chi connectivity index (χ1n) is 4.92. The molecule has 0 amide bonds. The van der Waals surface area contributed by atoms with Crippen molar-refractivity contribution in [1.29, 1.82) is 0 Å². The molecule has 88 valence electrons. The van der Waals surface area contributed by atoms with Gasteiger partial charge in [-0.2, -0.15) is 5.10 Å². The number of rotatable bonds is 2. The van der Waals surface area contributed by atoms with Crippen LogP contribution in [-0.4, -0.2) is 36.0 Å². The third-order valence-corrected chi connectivity index (χ3v) is 4.86. The van der Waals surface area contributed by atoms with Gasteiger partial charge in [0, 0.05) is 0 Å². The van der Waals surface area contributed by atoms with Crippen LogP contribution in [0, 0.1) is 0 Å². The molecule has 0 spiro atoms. The van der Waals surface area contributed by atoms with Crippen LogP contribution < -0.4 is 0 Å². The molecule has 2 rings (SSSR count). The Morgan fingerprint density at radius 3 is 2.56 bits per heavy atom. The molecule has 1 aromatic rings. The summed E-state index contributed by atoms with van der Waals surface area (Å²) >= 11 is 5.95. The third-order valence-electron chi connectivity index (χ3n) is 2.76. The quantitative estimate of drug-likeness (QED) is 0.749. The van der Waals surface area contributed by atoms with Crippen molar-refractivity contribution >= 4 is 27.7 Å². The van der Waals surface area contributed by atoms with Gasteiger partial charge in [-0.05, 0) is 12.8 Å². The van der Waals surface area contributed by atoms with E-state index < -0.39 is 9.84 Å². The number of carbonyl (C=O) groups excluding carboxylic acids is 1. The molecule has 5 nitrogen and oxygen atoms in total. The average molecular weight is 263 g/mol.